The van der Waals surface area contributed by atoms with Crippen LogP contribution >= 0.6 is 15.9 Å². The van der Waals surface area contributed by atoms with E-state index in [0.29, 0.717) is 30.6 Å². The van der Waals surface area contributed by atoms with E-state index in [1.807, 2.05) is 12.1 Å². The van der Waals surface area contributed by atoms with Gasteiger partial charge in [0.15, 0.2) is 0 Å². The summed E-state index contributed by atoms with van der Waals surface area (Å²) in [6.07, 6.45) is 8.66. The third kappa shape index (κ3) is 6.43. The van der Waals surface area contributed by atoms with E-state index in [2.05, 4.69) is 90.7 Å². The van der Waals surface area contributed by atoms with Crippen LogP contribution in [0.2, 0.25) is 0 Å². The molecule has 1 aromatic heterocycles. The number of ether oxygens (including phenoxy) is 2. The molecule has 0 unspecified atom stereocenters. The predicted octanol–water partition coefficient (Wildman–Crippen LogP) is 7.88. The van der Waals surface area contributed by atoms with Crippen LogP contribution < -0.4 is 34.8 Å². The van der Waals surface area contributed by atoms with Gasteiger partial charge < -0.3 is 29.4 Å². The highest BCUT2D eigenvalue weighted by Crippen LogP contribution is 2.49. The van der Waals surface area contributed by atoms with Crippen LogP contribution in [0.25, 0.3) is 16.5 Å². The third-order valence-electron chi connectivity index (χ3n) is 14.0. The number of carbonyl (C=O) groups is 2. The van der Waals surface area contributed by atoms with E-state index >= 15 is 0 Å². The van der Waals surface area contributed by atoms with Gasteiger partial charge in [0, 0.05) is 98.8 Å². The van der Waals surface area contributed by atoms with E-state index in [1.165, 1.54) is 38.9 Å². The fourth-order valence-corrected chi connectivity index (χ4v) is 11.5. The number of carboxylic acids is 1. The highest BCUT2D eigenvalue weighted by Gasteiger charge is 2.36. The number of halogens is 1. The average Bonchev–Trinajstić information content (AvgIpc) is 3.54. The number of anilines is 1. The zero-order valence-corrected chi connectivity index (χ0v) is 36.9. The number of hydrogen-bond acceptors (Lipinski definition) is 5. The number of carboxylic acid groups (broad SMARTS) is 1. The van der Waals surface area contributed by atoms with Crippen molar-refractivity contribution in [1.29, 1.82) is 0 Å². The summed E-state index contributed by atoms with van der Waals surface area (Å²) in [5.74, 6) is 1.25. The minimum Gasteiger partial charge on any atom is -0.497 e. The Morgan fingerprint density at radius 2 is 1.63 bits per heavy atom. The maximum atomic E-state index is 14.3. The topological polar surface area (TPSA) is 96.0 Å². The van der Waals surface area contributed by atoms with Crippen LogP contribution in [0.4, 0.5) is 5.69 Å². The number of amides is 1. The average molecular weight is 891 g/mol. The Balaban J connectivity index is 1.00. The van der Waals surface area contributed by atoms with Crippen molar-refractivity contribution in [2.75, 3.05) is 44.7 Å². The van der Waals surface area contributed by atoms with Crippen LogP contribution in [0.5, 0.6) is 17.2 Å². The van der Waals surface area contributed by atoms with Crippen molar-refractivity contribution in [3.8, 4) is 17.2 Å². The van der Waals surface area contributed by atoms with Crippen LogP contribution in [0.1, 0.15) is 96.6 Å². The van der Waals surface area contributed by atoms with E-state index in [4.69, 9.17) is 9.47 Å². The third-order valence-corrected chi connectivity index (χ3v) is 14.6. The molecule has 0 saturated heterocycles. The summed E-state index contributed by atoms with van der Waals surface area (Å²) in [6, 6.07) is 24.3. The van der Waals surface area contributed by atoms with Crippen molar-refractivity contribution in [2.45, 2.75) is 71.3 Å². The monoisotopic (exact) mass is 889 g/mol. The molecule has 2 N–H and O–H groups in total. The van der Waals surface area contributed by atoms with Gasteiger partial charge in [0.1, 0.15) is 30.3 Å². The second-order valence-electron chi connectivity index (χ2n) is 17.6. The summed E-state index contributed by atoms with van der Waals surface area (Å²) in [7, 11) is 1.68. The molecule has 11 rings (SSSR count). The van der Waals surface area contributed by atoms with Crippen molar-refractivity contribution in [1.82, 2.24) is 14.5 Å². The first-order valence-corrected chi connectivity index (χ1v) is 23.0. The Morgan fingerprint density at radius 3 is 2.44 bits per heavy atom. The van der Waals surface area contributed by atoms with Crippen molar-refractivity contribution in [2.24, 2.45) is 0 Å². The van der Waals surface area contributed by atoms with Gasteiger partial charge in [-0.25, -0.2) is 9.37 Å². The lowest BCUT2D eigenvalue weighted by Gasteiger charge is -2.39. The summed E-state index contributed by atoms with van der Waals surface area (Å²) in [4.78, 5) is 30.1. The molecule has 0 atom stereocenters. The molecule has 0 radical (unpaired) electrons. The first-order valence-electron chi connectivity index (χ1n) is 22.2. The maximum absolute atomic E-state index is 14.3. The summed E-state index contributed by atoms with van der Waals surface area (Å²) < 4.78 is 18.8. The molecule has 62 heavy (non-hydrogen) atoms. The molecule has 6 heterocycles. The predicted molar refractivity (Wildman–Crippen MR) is 246 cm³/mol. The Labute approximate surface area is 369 Å². The normalized spacial score (nSPS) is 16.0. The highest BCUT2D eigenvalue weighted by atomic mass is 79.9. The first-order chi connectivity index (χ1) is 30.2. The quantitative estimate of drug-likeness (QED) is 0.143. The van der Waals surface area contributed by atoms with Gasteiger partial charge in [-0.2, -0.15) is 0 Å². The molecule has 1 amide bonds. The number of aryl methyl sites for hydroxylation is 2. The van der Waals surface area contributed by atoms with Gasteiger partial charge in [-0.05, 0) is 135 Å². The number of methoxy groups -OCH3 is 1. The highest BCUT2D eigenvalue weighted by molar-refractivity contribution is 9.10. The SMILES string of the molecule is COc1ccc2c(c1)c(CCNC(=O)c1ccc(C(=O)O)c(C3=c4cc5c6c(c4Oc4c3cc3c7c4CCCN7CCC3)CCC[N+]=6CCC5)c1)c(C)n2Cc1ccc(Br)cc1. The minimum absolute atomic E-state index is 0.180. The second-order valence-corrected chi connectivity index (χ2v) is 18.5. The molecule has 0 bridgehead atoms. The largest absolute Gasteiger partial charge is 0.497 e. The zero-order valence-electron chi connectivity index (χ0n) is 35.3. The van der Waals surface area contributed by atoms with Gasteiger partial charge in [0.05, 0.1) is 18.2 Å². The number of benzene rings is 5. The fourth-order valence-electron chi connectivity index (χ4n) is 11.2. The molecule has 5 aromatic carbocycles. The van der Waals surface area contributed by atoms with Gasteiger partial charge in [-0.15, -0.1) is 0 Å². The number of nitrogens with one attached hydrogen (secondary N) is 1. The Bertz CT molecular complexity index is 3020. The van der Waals surface area contributed by atoms with Gasteiger partial charge in [0.2, 0.25) is 5.36 Å². The van der Waals surface area contributed by atoms with E-state index in [1.54, 1.807) is 19.2 Å². The van der Waals surface area contributed by atoms with E-state index < -0.39 is 5.97 Å². The van der Waals surface area contributed by atoms with Gasteiger partial charge in [0.25, 0.3) is 5.91 Å². The van der Waals surface area contributed by atoms with Crippen LogP contribution in [-0.4, -0.2) is 61.4 Å². The number of hydrogen-bond donors (Lipinski definition) is 2. The molecule has 10 heteroatoms. The smallest absolute Gasteiger partial charge is 0.336 e. The molecule has 5 aliphatic heterocycles. The fraction of sp³-hybridized carbons (Fsp3) is 0.327. The Morgan fingerprint density at radius 1 is 0.855 bits per heavy atom. The van der Waals surface area contributed by atoms with E-state index in [9.17, 15) is 14.7 Å². The van der Waals surface area contributed by atoms with Gasteiger partial charge in [-0.1, -0.05) is 28.1 Å². The Hall–Kier alpha value is -5.87. The number of rotatable bonds is 9. The molecule has 0 saturated carbocycles. The molecule has 5 aliphatic rings. The summed E-state index contributed by atoms with van der Waals surface area (Å²) in [5.41, 5.74) is 14.0. The summed E-state index contributed by atoms with van der Waals surface area (Å²) in [6.45, 7) is 7.44. The number of fused-ring (bicyclic) bond motifs is 5. The van der Waals surface area contributed by atoms with Crippen molar-refractivity contribution < 1.29 is 24.2 Å². The van der Waals surface area contributed by atoms with Crippen LogP contribution in [0.3, 0.4) is 0 Å². The standard InChI is InChI=1S/C52H49BrN4O5/c1-30-37(41-28-36(61-2)16-18-45(41)57(30)29-31-11-14-35(53)15-12-31)19-20-54-51(58)34-13-17-38(52(59)60)42(27-34)46-43-25-32-7-3-21-55-23-5-9-39(47(32)55)49(43)62-50-40-10-6-24-56-22-4-8-33(48(40)56)26-44(46)50/h11-18,25-28H,3-10,19-24,29H2,1-2H3,(H-,54,58,59,60)/p+1. The molecule has 6 aromatic rings. The van der Waals surface area contributed by atoms with E-state index in [-0.39, 0.29) is 11.5 Å². The van der Waals surface area contributed by atoms with Crippen molar-refractivity contribution in [3.05, 3.63) is 149 Å². The Kier molecular flexibility index (Phi) is 9.74. The maximum Gasteiger partial charge on any atom is 0.336 e. The minimum atomic E-state index is -1.02. The molecule has 9 nitrogen and oxygen atoms in total. The second kappa shape index (κ2) is 15.5. The summed E-state index contributed by atoms with van der Waals surface area (Å²) in [5, 5.41) is 17.4. The molecule has 0 fully saturated rings. The lowest BCUT2D eigenvalue weighted by atomic mass is 9.81. The number of aromatic carboxylic acids is 1. The number of nitrogens with zero attached hydrogens (tertiary/aromatic N) is 3. The molecular weight excluding hydrogens is 840 g/mol. The zero-order chi connectivity index (χ0) is 42.2. The molecule has 0 spiro atoms. The summed E-state index contributed by atoms with van der Waals surface area (Å²) >= 11 is 3.56. The van der Waals surface area contributed by atoms with Crippen molar-refractivity contribution >= 4 is 50.0 Å². The van der Waals surface area contributed by atoms with Gasteiger partial charge >= 0.3 is 5.97 Å². The lowest BCUT2D eigenvalue weighted by Crippen LogP contribution is -2.45. The molecular formula is C52H50BrN4O5+. The van der Waals surface area contributed by atoms with Gasteiger partial charge in [-0.3, -0.25) is 4.79 Å². The van der Waals surface area contributed by atoms with Crippen molar-refractivity contribution in [3.63, 3.8) is 0 Å². The lowest BCUT2D eigenvalue weighted by molar-refractivity contribution is 0.0695. The number of aromatic nitrogens is 1. The molecule has 0 aliphatic carbocycles. The van der Waals surface area contributed by atoms with Crippen LogP contribution in [0, 0.1) is 6.92 Å². The first kappa shape index (κ1) is 39.0. The van der Waals surface area contributed by atoms with Crippen LogP contribution in [-0.2, 0) is 38.6 Å². The molecule has 314 valence electrons. The van der Waals surface area contributed by atoms with Crippen LogP contribution in [0.15, 0.2) is 77.3 Å². The number of carbonyl (C=O) groups excluding carboxylic acids is 1. The van der Waals surface area contributed by atoms with E-state index in [0.717, 1.165) is 138 Å².